The van der Waals surface area contributed by atoms with E-state index in [1.807, 2.05) is 35.8 Å². The Morgan fingerprint density at radius 3 is 2.76 bits per heavy atom. The van der Waals surface area contributed by atoms with Crippen molar-refractivity contribution in [2.24, 2.45) is 0 Å². The molecule has 21 heavy (non-hydrogen) atoms. The lowest BCUT2D eigenvalue weighted by Crippen LogP contribution is -2.05. The highest BCUT2D eigenvalue weighted by Crippen LogP contribution is 2.21. The summed E-state index contributed by atoms with van der Waals surface area (Å²) >= 11 is 0. The number of imidazole rings is 1. The van der Waals surface area contributed by atoms with Crippen molar-refractivity contribution in [1.82, 2.24) is 14.5 Å². The molecule has 0 aliphatic rings. The Morgan fingerprint density at radius 1 is 1.24 bits per heavy atom. The van der Waals surface area contributed by atoms with Gasteiger partial charge in [0, 0.05) is 12.6 Å². The third-order valence-corrected chi connectivity index (χ3v) is 3.45. The fourth-order valence-corrected chi connectivity index (χ4v) is 2.47. The van der Waals surface area contributed by atoms with Gasteiger partial charge in [-0.1, -0.05) is 19.1 Å². The number of aryl methyl sites for hydroxylation is 1. The summed E-state index contributed by atoms with van der Waals surface area (Å²) in [5, 5.41) is 9.28. The molecule has 0 saturated heterocycles. The van der Waals surface area contributed by atoms with Crippen LogP contribution in [0.3, 0.4) is 0 Å². The van der Waals surface area contributed by atoms with Gasteiger partial charge >= 0.3 is 5.97 Å². The summed E-state index contributed by atoms with van der Waals surface area (Å²) in [4.78, 5) is 20.2. The minimum absolute atomic E-state index is 0.238. The Balaban J connectivity index is 2.17. The van der Waals surface area contributed by atoms with E-state index >= 15 is 0 Å². The molecule has 0 spiro atoms. The normalized spacial score (nSPS) is 10.9. The second-order valence-electron chi connectivity index (χ2n) is 4.77. The van der Waals surface area contributed by atoms with Crippen LogP contribution < -0.4 is 0 Å². The van der Waals surface area contributed by atoms with Crippen molar-refractivity contribution in [1.29, 1.82) is 0 Å². The highest BCUT2D eigenvalue weighted by atomic mass is 16.4. The largest absolute Gasteiger partial charge is 0.478 e. The third-order valence-electron chi connectivity index (χ3n) is 3.45. The predicted molar refractivity (Wildman–Crippen MR) is 79.4 cm³/mol. The van der Waals surface area contributed by atoms with Crippen LogP contribution in [0.4, 0.5) is 0 Å². The van der Waals surface area contributed by atoms with Crippen molar-refractivity contribution in [2.45, 2.75) is 19.9 Å². The summed E-state index contributed by atoms with van der Waals surface area (Å²) < 4.78 is 2.03. The molecule has 1 N–H and O–H groups in total. The number of aromatic carboxylic acids is 1. The maximum atomic E-state index is 11.3. The van der Waals surface area contributed by atoms with E-state index in [9.17, 15) is 9.90 Å². The van der Waals surface area contributed by atoms with Crippen LogP contribution >= 0.6 is 0 Å². The molecule has 0 amide bonds. The second-order valence-corrected chi connectivity index (χ2v) is 4.77. The first-order valence-corrected chi connectivity index (χ1v) is 6.82. The van der Waals surface area contributed by atoms with Gasteiger partial charge in [-0.2, -0.15) is 0 Å². The smallest absolute Gasteiger partial charge is 0.337 e. The zero-order chi connectivity index (χ0) is 14.8. The van der Waals surface area contributed by atoms with E-state index in [2.05, 4.69) is 9.97 Å². The van der Waals surface area contributed by atoms with E-state index in [-0.39, 0.29) is 5.56 Å². The Morgan fingerprint density at radius 2 is 2.10 bits per heavy atom. The fourth-order valence-electron chi connectivity index (χ4n) is 2.47. The third kappa shape index (κ3) is 2.38. The maximum absolute atomic E-state index is 11.3. The molecule has 0 aliphatic carbocycles. The van der Waals surface area contributed by atoms with Crippen molar-refractivity contribution < 1.29 is 9.90 Å². The molecule has 0 saturated carbocycles. The second kappa shape index (κ2) is 5.36. The van der Waals surface area contributed by atoms with Crippen LogP contribution in [0.5, 0.6) is 0 Å². The summed E-state index contributed by atoms with van der Waals surface area (Å²) in [7, 11) is 0. The van der Waals surface area contributed by atoms with E-state index in [4.69, 9.17) is 0 Å². The molecule has 106 valence electrons. The number of fused-ring (bicyclic) bond motifs is 1. The molecule has 0 radical (unpaired) electrons. The van der Waals surface area contributed by atoms with Crippen LogP contribution in [0, 0.1) is 0 Å². The summed E-state index contributed by atoms with van der Waals surface area (Å²) in [6, 6.07) is 11.0. The molecule has 3 aromatic rings. The molecule has 0 unspecified atom stereocenters. The minimum Gasteiger partial charge on any atom is -0.478 e. The van der Waals surface area contributed by atoms with Crippen molar-refractivity contribution in [3.63, 3.8) is 0 Å². The van der Waals surface area contributed by atoms with Gasteiger partial charge in [-0.25, -0.2) is 9.78 Å². The number of carboxylic acid groups (broad SMARTS) is 1. The predicted octanol–water partition coefficient (Wildman–Crippen LogP) is 2.74. The van der Waals surface area contributed by atoms with Gasteiger partial charge in [-0.05, 0) is 24.3 Å². The summed E-state index contributed by atoms with van der Waals surface area (Å²) in [5.74, 6) is -0.0879. The molecule has 5 heteroatoms. The number of aromatic nitrogens is 3. The number of carboxylic acids is 1. The zero-order valence-corrected chi connectivity index (χ0v) is 11.7. The lowest BCUT2D eigenvalue weighted by Gasteiger charge is -2.07. The topological polar surface area (TPSA) is 68.0 Å². The Bertz CT molecular complexity index is 794. The van der Waals surface area contributed by atoms with Gasteiger partial charge in [0.2, 0.25) is 0 Å². The summed E-state index contributed by atoms with van der Waals surface area (Å²) in [6.07, 6.45) is 2.49. The highest BCUT2D eigenvalue weighted by molar-refractivity contribution is 6.01. The average Bonchev–Trinajstić information content (AvgIpc) is 2.86. The number of carbonyl (C=O) groups is 1. The minimum atomic E-state index is -0.953. The van der Waals surface area contributed by atoms with Crippen LogP contribution in [0.2, 0.25) is 0 Å². The molecule has 0 atom stereocenters. The van der Waals surface area contributed by atoms with Gasteiger partial charge in [0.05, 0.1) is 23.3 Å². The van der Waals surface area contributed by atoms with Crippen molar-refractivity contribution >= 4 is 17.0 Å². The van der Waals surface area contributed by atoms with Crippen LogP contribution in [0.25, 0.3) is 11.0 Å². The molecule has 0 aliphatic heterocycles. The lowest BCUT2D eigenvalue weighted by molar-refractivity contribution is 0.0699. The van der Waals surface area contributed by atoms with Crippen LogP contribution in [-0.4, -0.2) is 25.6 Å². The molecule has 1 aromatic carbocycles. The molecule has 2 aromatic heterocycles. The number of pyridine rings is 1. The van der Waals surface area contributed by atoms with Gasteiger partial charge in [-0.3, -0.25) is 4.98 Å². The van der Waals surface area contributed by atoms with Crippen LogP contribution in [0.15, 0.2) is 42.6 Å². The maximum Gasteiger partial charge on any atom is 0.337 e. The van der Waals surface area contributed by atoms with Gasteiger partial charge < -0.3 is 9.67 Å². The molecule has 5 nitrogen and oxygen atoms in total. The number of benzene rings is 1. The van der Waals surface area contributed by atoms with Crippen LogP contribution in [0.1, 0.15) is 28.8 Å². The molecule has 0 bridgehead atoms. The zero-order valence-electron chi connectivity index (χ0n) is 11.7. The van der Waals surface area contributed by atoms with Gasteiger partial charge in [0.15, 0.2) is 0 Å². The number of hydrogen-bond acceptors (Lipinski definition) is 3. The number of hydrogen-bond donors (Lipinski definition) is 1. The SMILES string of the molecule is CCc1nc2c(C(=O)O)cccc2n1Cc1ccccn1. The Hall–Kier alpha value is -2.69. The van der Waals surface area contributed by atoms with Gasteiger partial charge in [-0.15, -0.1) is 0 Å². The van der Waals surface area contributed by atoms with Crippen LogP contribution in [-0.2, 0) is 13.0 Å². The van der Waals surface area contributed by atoms with E-state index in [0.29, 0.717) is 12.1 Å². The molecular formula is C16H15N3O2. The fraction of sp³-hybridized carbons (Fsp3) is 0.188. The van der Waals surface area contributed by atoms with E-state index in [0.717, 1.165) is 23.5 Å². The first-order chi connectivity index (χ1) is 10.2. The number of nitrogens with zero attached hydrogens (tertiary/aromatic N) is 3. The van der Waals surface area contributed by atoms with E-state index in [1.54, 1.807) is 18.3 Å². The number of rotatable bonds is 4. The Labute approximate surface area is 121 Å². The first-order valence-electron chi connectivity index (χ1n) is 6.82. The highest BCUT2D eigenvalue weighted by Gasteiger charge is 2.16. The lowest BCUT2D eigenvalue weighted by atomic mass is 10.2. The molecule has 0 fully saturated rings. The molecule has 2 heterocycles. The Kier molecular flexibility index (Phi) is 3.39. The summed E-state index contributed by atoms with van der Waals surface area (Å²) in [5.41, 5.74) is 2.53. The average molecular weight is 281 g/mol. The molecule has 3 rings (SSSR count). The first kappa shape index (κ1) is 13.3. The monoisotopic (exact) mass is 281 g/mol. The van der Waals surface area contributed by atoms with Gasteiger partial charge in [0.25, 0.3) is 0 Å². The van der Waals surface area contributed by atoms with Crippen molar-refractivity contribution in [2.75, 3.05) is 0 Å². The standard InChI is InChI=1S/C16H15N3O2/c1-2-14-18-15-12(16(20)21)7-5-8-13(15)19(14)10-11-6-3-4-9-17-11/h3-9H,2,10H2,1H3,(H,20,21). The number of para-hydroxylation sites is 1. The molecular weight excluding hydrogens is 266 g/mol. The summed E-state index contributed by atoms with van der Waals surface area (Å²) in [6.45, 7) is 2.60. The van der Waals surface area contributed by atoms with Crippen molar-refractivity contribution in [3.8, 4) is 0 Å². The quantitative estimate of drug-likeness (QED) is 0.798. The van der Waals surface area contributed by atoms with E-state index in [1.165, 1.54) is 0 Å². The van der Waals surface area contributed by atoms with Gasteiger partial charge in [0.1, 0.15) is 11.3 Å². The van der Waals surface area contributed by atoms with E-state index < -0.39 is 5.97 Å². The van der Waals surface area contributed by atoms with Crippen molar-refractivity contribution in [3.05, 3.63) is 59.7 Å².